The lowest BCUT2D eigenvalue weighted by atomic mass is 10.1. The van der Waals surface area contributed by atoms with Crippen LogP contribution < -0.4 is 10.2 Å². The molecule has 0 spiro atoms. The Morgan fingerprint density at radius 1 is 1.23 bits per heavy atom. The fourth-order valence-electron chi connectivity index (χ4n) is 4.26. The van der Waals surface area contributed by atoms with E-state index in [9.17, 15) is 21.6 Å². The molecule has 0 radical (unpaired) electrons. The molecule has 2 atom stereocenters. The van der Waals surface area contributed by atoms with Crippen LogP contribution in [0.4, 0.5) is 18.9 Å². The van der Waals surface area contributed by atoms with Crippen LogP contribution in [0.25, 0.3) is 10.9 Å². The van der Waals surface area contributed by atoms with E-state index in [1.165, 1.54) is 12.4 Å². The molecule has 0 bridgehead atoms. The highest BCUT2D eigenvalue weighted by atomic mass is 32.2. The number of pyridine rings is 2. The molecule has 170 valence electrons. The fraction of sp³-hybridized carbons (Fsp3) is 0.600. The number of morpholine rings is 1. The zero-order chi connectivity index (χ0) is 22.2. The van der Waals surface area contributed by atoms with E-state index in [0.717, 1.165) is 0 Å². The molecule has 0 aliphatic carbocycles. The number of hydrogen-bond acceptors (Lipinski definition) is 7. The number of alkyl halides is 3. The number of aromatic nitrogens is 2. The minimum absolute atomic E-state index is 0.121. The van der Waals surface area contributed by atoms with Gasteiger partial charge in [-0.25, -0.2) is 13.4 Å². The third kappa shape index (κ3) is 5.09. The maximum atomic E-state index is 13.4. The van der Waals surface area contributed by atoms with Gasteiger partial charge in [-0.3, -0.25) is 4.98 Å². The van der Waals surface area contributed by atoms with Gasteiger partial charge in [-0.15, -0.1) is 0 Å². The van der Waals surface area contributed by atoms with Gasteiger partial charge in [0.05, 0.1) is 35.6 Å². The summed E-state index contributed by atoms with van der Waals surface area (Å²) in [7, 11) is -2.92. The van der Waals surface area contributed by atoms with E-state index in [1.54, 1.807) is 12.1 Å². The van der Waals surface area contributed by atoms with E-state index in [1.807, 2.05) is 11.8 Å². The average Bonchev–Trinajstić information content (AvgIpc) is 2.71. The van der Waals surface area contributed by atoms with Gasteiger partial charge in [0.25, 0.3) is 0 Å². The van der Waals surface area contributed by atoms with Crippen molar-refractivity contribution < 1.29 is 26.3 Å². The maximum absolute atomic E-state index is 13.4. The lowest BCUT2D eigenvalue weighted by Crippen LogP contribution is -2.52. The van der Waals surface area contributed by atoms with Crippen molar-refractivity contribution in [3.63, 3.8) is 0 Å². The molecule has 2 aliphatic rings. The molecule has 0 amide bonds. The smallest absolute Gasteiger partial charge is 0.370 e. The van der Waals surface area contributed by atoms with Gasteiger partial charge in [-0.1, -0.05) is 0 Å². The van der Waals surface area contributed by atoms with Gasteiger partial charge in [-0.2, -0.15) is 13.2 Å². The van der Waals surface area contributed by atoms with Crippen molar-refractivity contribution in [3.8, 4) is 0 Å². The lowest BCUT2D eigenvalue weighted by Gasteiger charge is -2.39. The third-order valence-corrected chi connectivity index (χ3v) is 7.46. The molecule has 2 aliphatic heterocycles. The molecule has 11 heteroatoms. The van der Waals surface area contributed by atoms with Crippen LogP contribution in [-0.4, -0.2) is 67.8 Å². The molecule has 2 aromatic heterocycles. The van der Waals surface area contributed by atoms with E-state index in [4.69, 9.17) is 4.74 Å². The molecule has 31 heavy (non-hydrogen) atoms. The number of halogens is 3. The van der Waals surface area contributed by atoms with Gasteiger partial charge < -0.3 is 15.0 Å². The van der Waals surface area contributed by atoms with Gasteiger partial charge in [0.1, 0.15) is 15.4 Å². The quantitative estimate of drug-likeness (QED) is 0.753. The first-order chi connectivity index (χ1) is 14.6. The summed E-state index contributed by atoms with van der Waals surface area (Å²) in [5, 5.41) is 3.80. The molecule has 7 nitrogen and oxygen atoms in total. The highest BCUT2D eigenvalue weighted by Crippen LogP contribution is 2.36. The molecule has 1 N–H and O–H groups in total. The Morgan fingerprint density at radius 3 is 2.68 bits per heavy atom. The molecule has 1 unspecified atom stereocenters. The third-order valence-electron chi connectivity index (χ3n) is 5.75. The second kappa shape index (κ2) is 8.51. The first-order valence-electron chi connectivity index (χ1n) is 10.3. The first-order valence-corrected chi connectivity index (χ1v) is 12.1. The van der Waals surface area contributed by atoms with Gasteiger partial charge in [0.15, 0.2) is 5.69 Å². The highest BCUT2D eigenvalue weighted by Gasteiger charge is 2.37. The minimum atomic E-state index is -4.58. The van der Waals surface area contributed by atoms with Crippen molar-refractivity contribution in [3.05, 3.63) is 30.2 Å². The van der Waals surface area contributed by atoms with Crippen molar-refractivity contribution in [2.75, 3.05) is 36.0 Å². The average molecular weight is 459 g/mol. The molecule has 2 fully saturated rings. The molecular formula is C20H25F3N4O3S. The summed E-state index contributed by atoms with van der Waals surface area (Å²) in [6, 6.07) is 3.37. The Morgan fingerprint density at radius 2 is 1.97 bits per heavy atom. The number of hydrogen-bond donors (Lipinski definition) is 1. The Hall–Kier alpha value is -1.98. The summed E-state index contributed by atoms with van der Waals surface area (Å²) in [5.74, 6) is 0.379. The minimum Gasteiger partial charge on any atom is -0.370 e. The zero-order valence-corrected chi connectivity index (χ0v) is 17.9. The number of fused-ring (bicyclic) bond motifs is 1. The standard InChI is InChI=1S/C20H25F3N4O3S/c1-13-11-27(12-15(30-13)9-25-14-4-7-31(28,29)8-5-14)17-10-26-19(20(21,22)23)18-16(17)3-2-6-24-18/h2-3,6,10,13-15,25H,4-5,7-9,11-12H2,1H3/t13?,15-/m0/s1. The van der Waals surface area contributed by atoms with Crippen molar-refractivity contribution in [2.45, 2.75) is 44.2 Å². The van der Waals surface area contributed by atoms with E-state index >= 15 is 0 Å². The topological polar surface area (TPSA) is 84.4 Å². The van der Waals surface area contributed by atoms with Crippen LogP contribution in [0.3, 0.4) is 0 Å². The van der Waals surface area contributed by atoms with Crippen molar-refractivity contribution in [1.29, 1.82) is 0 Å². The highest BCUT2D eigenvalue weighted by molar-refractivity contribution is 7.91. The van der Waals surface area contributed by atoms with Crippen molar-refractivity contribution in [1.82, 2.24) is 15.3 Å². The number of sulfone groups is 1. The van der Waals surface area contributed by atoms with Gasteiger partial charge in [0, 0.05) is 37.3 Å². The second-order valence-corrected chi connectivity index (χ2v) is 10.5. The fourth-order valence-corrected chi connectivity index (χ4v) is 5.75. The number of nitrogens with one attached hydrogen (secondary N) is 1. The molecule has 0 aromatic carbocycles. The Labute approximate surface area is 178 Å². The summed E-state index contributed by atoms with van der Waals surface area (Å²) < 4.78 is 69.3. The van der Waals surface area contributed by atoms with Crippen LogP contribution in [0.15, 0.2) is 24.5 Å². The second-order valence-electron chi connectivity index (χ2n) is 8.20. The van der Waals surface area contributed by atoms with Crippen LogP contribution in [-0.2, 0) is 20.8 Å². The number of ether oxygens (including phenoxy) is 1. The van der Waals surface area contributed by atoms with E-state index in [-0.39, 0.29) is 35.3 Å². The largest absolute Gasteiger partial charge is 0.435 e. The SMILES string of the molecule is CC1CN(c2cnc(C(F)(F)F)c3ncccc23)C[C@H](CNC2CCS(=O)(=O)CC2)O1. The Balaban J connectivity index is 1.50. The first kappa shape index (κ1) is 22.2. The van der Waals surface area contributed by atoms with Gasteiger partial charge in [-0.05, 0) is 31.9 Å². The van der Waals surface area contributed by atoms with Crippen LogP contribution in [0.5, 0.6) is 0 Å². The van der Waals surface area contributed by atoms with Crippen LogP contribution >= 0.6 is 0 Å². The monoisotopic (exact) mass is 458 g/mol. The Bertz CT molecular complexity index is 1030. The molecular weight excluding hydrogens is 433 g/mol. The lowest BCUT2D eigenvalue weighted by molar-refractivity contribution is -0.139. The number of anilines is 1. The van der Waals surface area contributed by atoms with E-state index in [0.29, 0.717) is 43.5 Å². The number of rotatable bonds is 4. The zero-order valence-electron chi connectivity index (χ0n) is 17.1. The summed E-state index contributed by atoms with van der Waals surface area (Å²) >= 11 is 0. The molecule has 4 heterocycles. The van der Waals surface area contributed by atoms with E-state index in [2.05, 4.69) is 15.3 Å². The number of nitrogens with zero attached hydrogens (tertiary/aromatic N) is 3. The molecule has 2 aromatic rings. The van der Waals surface area contributed by atoms with Gasteiger partial charge >= 0.3 is 6.18 Å². The summed E-state index contributed by atoms with van der Waals surface area (Å²) in [5.41, 5.74) is -0.552. The predicted molar refractivity (Wildman–Crippen MR) is 111 cm³/mol. The van der Waals surface area contributed by atoms with E-state index < -0.39 is 21.7 Å². The predicted octanol–water partition coefficient (Wildman–Crippen LogP) is 2.41. The Kier molecular flexibility index (Phi) is 6.10. The molecule has 4 rings (SSSR count). The van der Waals surface area contributed by atoms with Crippen LogP contribution in [0, 0.1) is 0 Å². The molecule has 0 saturated carbocycles. The normalized spacial score (nSPS) is 25.1. The van der Waals surface area contributed by atoms with Crippen LogP contribution in [0.1, 0.15) is 25.5 Å². The summed E-state index contributed by atoms with van der Waals surface area (Å²) in [6.45, 7) is 3.47. The summed E-state index contributed by atoms with van der Waals surface area (Å²) in [4.78, 5) is 9.63. The van der Waals surface area contributed by atoms with Crippen molar-refractivity contribution >= 4 is 26.4 Å². The summed E-state index contributed by atoms with van der Waals surface area (Å²) in [6.07, 6.45) is -1.13. The van der Waals surface area contributed by atoms with Crippen molar-refractivity contribution in [2.24, 2.45) is 0 Å². The van der Waals surface area contributed by atoms with Crippen LogP contribution in [0.2, 0.25) is 0 Å². The van der Waals surface area contributed by atoms with Gasteiger partial charge in [0.2, 0.25) is 0 Å². The maximum Gasteiger partial charge on any atom is 0.435 e. The molecule has 2 saturated heterocycles.